The lowest BCUT2D eigenvalue weighted by Gasteiger charge is -2.20. The molecule has 0 aromatic heterocycles. The Morgan fingerprint density at radius 3 is 2.24 bits per heavy atom. The largest absolute Gasteiger partial charge is 0.486 e. The number of nitrogen functional groups attached to an aromatic ring is 1. The molecule has 0 aliphatic carbocycles. The fourth-order valence-corrected chi connectivity index (χ4v) is 2.22. The summed E-state index contributed by atoms with van der Waals surface area (Å²) in [6.07, 6.45) is 0. The normalized spacial score (nSPS) is 13.3. The van der Waals surface area contributed by atoms with Crippen LogP contribution in [0.5, 0.6) is 23.0 Å². The molecule has 1 aliphatic heterocycles. The molecule has 0 spiro atoms. The highest BCUT2D eigenvalue weighted by Crippen LogP contribution is 2.40. The van der Waals surface area contributed by atoms with Gasteiger partial charge in [-0.1, -0.05) is 26.0 Å². The van der Waals surface area contributed by atoms with E-state index in [1.165, 1.54) is 5.56 Å². The van der Waals surface area contributed by atoms with Crippen LogP contribution in [0, 0.1) is 0 Å². The van der Waals surface area contributed by atoms with Crippen LogP contribution in [0.3, 0.4) is 0 Å². The second-order valence-electron chi connectivity index (χ2n) is 5.36. The molecule has 3 rings (SSSR count). The standard InChI is InChI=1S/C17H19NO3/c1-11(2)12-3-5-13(6-4-12)21-15-10-17-16(9-14(15)18)19-7-8-20-17/h3-6,9-11H,7-8,18H2,1-2H3. The van der Waals surface area contributed by atoms with Crippen LogP contribution < -0.4 is 19.9 Å². The van der Waals surface area contributed by atoms with Gasteiger partial charge >= 0.3 is 0 Å². The zero-order valence-corrected chi connectivity index (χ0v) is 12.3. The molecule has 110 valence electrons. The van der Waals surface area contributed by atoms with E-state index in [1.54, 1.807) is 12.1 Å². The van der Waals surface area contributed by atoms with E-state index in [0.29, 0.717) is 42.1 Å². The molecule has 0 saturated heterocycles. The zero-order chi connectivity index (χ0) is 14.8. The smallest absolute Gasteiger partial charge is 0.165 e. The topological polar surface area (TPSA) is 53.7 Å². The maximum Gasteiger partial charge on any atom is 0.165 e. The van der Waals surface area contributed by atoms with Crippen LogP contribution in [-0.2, 0) is 0 Å². The second kappa shape index (κ2) is 5.56. The minimum Gasteiger partial charge on any atom is -0.486 e. The van der Waals surface area contributed by atoms with Crippen LogP contribution in [0.15, 0.2) is 36.4 Å². The third kappa shape index (κ3) is 2.89. The van der Waals surface area contributed by atoms with E-state index in [2.05, 4.69) is 26.0 Å². The average Bonchev–Trinajstić information content (AvgIpc) is 2.48. The van der Waals surface area contributed by atoms with Crippen LogP contribution in [-0.4, -0.2) is 13.2 Å². The van der Waals surface area contributed by atoms with Crippen LogP contribution in [0.4, 0.5) is 5.69 Å². The molecule has 0 saturated carbocycles. The Morgan fingerprint density at radius 1 is 1.00 bits per heavy atom. The number of fused-ring (bicyclic) bond motifs is 1. The second-order valence-corrected chi connectivity index (χ2v) is 5.36. The van der Waals surface area contributed by atoms with Gasteiger partial charge in [0.25, 0.3) is 0 Å². The van der Waals surface area contributed by atoms with Gasteiger partial charge in [0.05, 0.1) is 5.69 Å². The Kier molecular flexibility index (Phi) is 3.60. The van der Waals surface area contributed by atoms with Crippen molar-refractivity contribution in [2.75, 3.05) is 18.9 Å². The van der Waals surface area contributed by atoms with Gasteiger partial charge in [-0.15, -0.1) is 0 Å². The molecule has 1 heterocycles. The number of hydrogen-bond donors (Lipinski definition) is 1. The van der Waals surface area contributed by atoms with E-state index in [4.69, 9.17) is 19.9 Å². The molecule has 0 unspecified atom stereocenters. The van der Waals surface area contributed by atoms with Crippen molar-refractivity contribution in [1.82, 2.24) is 0 Å². The Labute approximate surface area is 124 Å². The van der Waals surface area contributed by atoms with Crippen molar-refractivity contribution in [2.45, 2.75) is 19.8 Å². The van der Waals surface area contributed by atoms with Crippen molar-refractivity contribution < 1.29 is 14.2 Å². The third-order valence-electron chi connectivity index (χ3n) is 3.45. The monoisotopic (exact) mass is 285 g/mol. The molecule has 0 atom stereocenters. The van der Waals surface area contributed by atoms with E-state index in [1.807, 2.05) is 12.1 Å². The molecule has 1 aliphatic rings. The lowest BCUT2D eigenvalue weighted by atomic mass is 10.0. The number of rotatable bonds is 3. The molecule has 0 bridgehead atoms. The lowest BCUT2D eigenvalue weighted by Crippen LogP contribution is -2.15. The van der Waals surface area contributed by atoms with Crippen molar-refractivity contribution in [3.8, 4) is 23.0 Å². The predicted octanol–water partition coefficient (Wildman–Crippen LogP) is 3.96. The van der Waals surface area contributed by atoms with E-state index in [-0.39, 0.29) is 0 Å². The highest BCUT2D eigenvalue weighted by molar-refractivity contribution is 5.63. The van der Waals surface area contributed by atoms with Gasteiger partial charge in [0.1, 0.15) is 19.0 Å². The molecule has 0 amide bonds. The minimum atomic E-state index is 0.499. The third-order valence-corrected chi connectivity index (χ3v) is 3.45. The Hall–Kier alpha value is -2.36. The summed E-state index contributed by atoms with van der Waals surface area (Å²) in [6, 6.07) is 11.5. The Morgan fingerprint density at radius 2 is 1.62 bits per heavy atom. The van der Waals surface area contributed by atoms with Gasteiger partial charge in [-0.3, -0.25) is 0 Å². The first-order valence-corrected chi connectivity index (χ1v) is 7.10. The van der Waals surface area contributed by atoms with Gasteiger partial charge in [-0.25, -0.2) is 0 Å². The molecular weight excluding hydrogens is 266 g/mol. The maximum atomic E-state index is 6.01. The highest BCUT2D eigenvalue weighted by Gasteiger charge is 2.15. The summed E-state index contributed by atoms with van der Waals surface area (Å²) in [6.45, 7) is 5.41. The fraction of sp³-hybridized carbons (Fsp3) is 0.294. The lowest BCUT2D eigenvalue weighted by molar-refractivity contribution is 0.171. The van der Waals surface area contributed by atoms with Crippen molar-refractivity contribution in [2.24, 2.45) is 0 Å². The highest BCUT2D eigenvalue weighted by atomic mass is 16.6. The van der Waals surface area contributed by atoms with Gasteiger partial charge in [-0.2, -0.15) is 0 Å². The minimum absolute atomic E-state index is 0.499. The molecule has 21 heavy (non-hydrogen) atoms. The molecule has 2 aromatic rings. The number of ether oxygens (including phenoxy) is 3. The summed E-state index contributed by atoms with van der Waals surface area (Å²) in [7, 11) is 0. The summed E-state index contributed by atoms with van der Waals surface area (Å²) >= 11 is 0. The van der Waals surface area contributed by atoms with E-state index < -0.39 is 0 Å². The van der Waals surface area contributed by atoms with Crippen LogP contribution in [0.25, 0.3) is 0 Å². The van der Waals surface area contributed by atoms with E-state index in [0.717, 1.165) is 5.75 Å². The number of hydrogen-bond acceptors (Lipinski definition) is 4. The van der Waals surface area contributed by atoms with Gasteiger partial charge in [-0.05, 0) is 23.6 Å². The number of anilines is 1. The first kappa shape index (κ1) is 13.6. The molecule has 0 radical (unpaired) electrons. The molecule has 0 fully saturated rings. The van der Waals surface area contributed by atoms with Crippen molar-refractivity contribution in [1.29, 1.82) is 0 Å². The molecule has 4 heteroatoms. The predicted molar refractivity (Wildman–Crippen MR) is 82.4 cm³/mol. The van der Waals surface area contributed by atoms with Crippen molar-refractivity contribution in [3.63, 3.8) is 0 Å². The summed E-state index contributed by atoms with van der Waals surface area (Å²) in [5.41, 5.74) is 7.82. The van der Waals surface area contributed by atoms with Gasteiger partial charge in [0, 0.05) is 12.1 Å². The summed E-state index contributed by atoms with van der Waals surface area (Å²) < 4.78 is 16.9. The van der Waals surface area contributed by atoms with Crippen molar-refractivity contribution >= 4 is 5.69 Å². The fourth-order valence-electron chi connectivity index (χ4n) is 2.22. The molecule has 4 nitrogen and oxygen atoms in total. The van der Waals surface area contributed by atoms with Crippen LogP contribution in [0.2, 0.25) is 0 Å². The van der Waals surface area contributed by atoms with Crippen LogP contribution >= 0.6 is 0 Å². The van der Waals surface area contributed by atoms with E-state index in [9.17, 15) is 0 Å². The Bertz CT molecular complexity index is 635. The zero-order valence-electron chi connectivity index (χ0n) is 12.3. The summed E-state index contributed by atoms with van der Waals surface area (Å²) in [4.78, 5) is 0. The molecule has 2 aromatic carbocycles. The average molecular weight is 285 g/mol. The number of nitrogens with two attached hydrogens (primary N) is 1. The number of benzene rings is 2. The Balaban J connectivity index is 1.84. The van der Waals surface area contributed by atoms with Gasteiger partial charge in [0.15, 0.2) is 17.2 Å². The quantitative estimate of drug-likeness (QED) is 0.867. The first-order chi connectivity index (χ1) is 10.1. The summed E-state index contributed by atoms with van der Waals surface area (Å²) in [5, 5.41) is 0. The SMILES string of the molecule is CC(C)c1ccc(Oc2cc3c(cc2N)OCCO3)cc1. The van der Waals surface area contributed by atoms with Crippen molar-refractivity contribution in [3.05, 3.63) is 42.0 Å². The molecule has 2 N–H and O–H groups in total. The molecular formula is C17H19NO3. The van der Waals surface area contributed by atoms with E-state index >= 15 is 0 Å². The first-order valence-electron chi connectivity index (χ1n) is 7.10. The van der Waals surface area contributed by atoms with Gasteiger partial charge < -0.3 is 19.9 Å². The summed E-state index contributed by atoms with van der Waals surface area (Å²) in [5.74, 6) is 3.17. The van der Waals surface area contributed by atoms with Crippen LogP contribution in [0.1, 0.15) is 25.3 Å². The van der Waals surface area contributed by atoms with Gasteiger partial charge in [0.2, 0.25) is 0 Å². The maximum absolute atomic E-state index is 6.01.